The molecule has 1 saturated carbocycles. The summed E-state index contributed by atoms with van der Waals surface area (Å²) in [6.07, 6.45) is 3.20. The Bertz CT molecular complexity index is 1090. The minimum Gasteiger partial charge on any atom is -0.345 e. The topological polar surface area (TPSA) is 98.8 Å². The second-order valence-electron chi connectivity index (χ2n) is 8.40. The van der Waals surface area contributed by atoms with Crippen molar-refractivity contribution < 1.29 is 19.2 Å². The molecule has 2 aromatic rings. The number of nitrogens with one attached hydrogen (secondary N) is 2. The minimum atomic E-state index is -0.698. The molecule has 2 fully saturated rings. The van der Waals surface area contributed by atoms with Gasteiger partial charge in [0.25, 0.3) is 5.91 Å². The Morgan fingerprint density at radius 2 is 1.75 bits per heavy atom. The highest BCUT2D eigenvalue weighted by atomic mass is 16.2. The van der Waals surface area contributed by atoms with Gasteiger partial charge in [0.15, 0.2) is 0 Å². The van der Waals surface area contributed by atoms with E-state index < -0.39 is 6.04 Å². The van der Waals surface area contributed by atoms with Crippen LogP contribution in [0.2, 0.25) is 0 Å². The first kappa shape index (κ1) is 20.2. The van der Waals surface area contributed by atoms with Crippen LogP contribution in [0.4, 0.5) is 11.4 Å². The molecule has 8 nitrogen and oxygen atoms in total. The van der Waals surface area contributed by atoms with E-state index in [1.54, 1.807) is 52.3 Å². The number of fused-ring (bicyclic) bond motifs is 1. The molecule has 2 aliphatic heterocycles. The summed E-state index contributed by atoms with van der Waals surface area (Å²) < 4.78 is 0. The molecule has 4 amide bonds. The maximum Gasteiger partial charge on any atom is 0.255 e. The summed E-state index contributed by atoms with van der Waals surface area (Å²) in [6.45, 7) is 0.512. The fourth-order valence-corrected chi connectivity index (χ4v) is 4.45. The number of carbonyl (C=O) groups is 4. The van der Waals surface area contributed by atoms with Crippen LogP contribution in [0.3, 0.4) is 0 Å². The third-order valence-electron chi connectivity index (χ3n) is 6.15. The van der Waals surface area contributed by atoms with E-state index in [2.05, 4.69) is 10.6 Å². The number of carbonyl (C=O) groups excluding carboxylic acids is 4. The highest BCUT2D eigenvalue weighted by molar-refractivity contribution is 6.05. The van der Waals surface area contributed by atoms with Gasteiger partial charge in [0.05, 0.1) is 6.54 Å². The summed E-state index contributed by atoms with van der Waals surface area (Å²) in [7, 11) is 0. The van der Waals surface area contributed by atoms with E-state index in [4.69, 9.17) is 0 Å². The lowest BCUT2D eigenvalue weighted by molar-refractivity contribution is -0.127. The number of hydrogen-bond donors (Lipinski definition) is 2. The maximum absolute atomic E-state index is 13.0. The van der Waals surface area contributed by atoms with Crippen LogP contribution in [-0.4, -0.2) is 47.7 Å². The van der Waals surface area contributed by atoms with E-state index in [9.17, 15) is 19.2 Å². The van der Waals surface area contributed by atoms with Gasteiger partial charge in [-0.1, -0.05) is 18.2 Å². The molecule has 0 bridgehead atoms. The lowest BCUT2D eigenvalue weighted by Gasteiger charge is -2.24. The summed E-state index contributed by atoms with van der Waals surface area (Å²) in [6, 6.07) is 13.6. The van der Waals surface area contributed by atoms with Crippen LogP contribution in [0.25, 0.3) is 0 Å². The first-order chi connectivity index (χ1) is 15.5. The zero-order valence-electron chi connectivity index (χ0n) is 17.5. The molecule has 8 heteroatoms. The molecule has 0 aromatic heterocycles. The van der Waals surface area contributed by atoms with Crippen molar-refractivity contribution in [2.75, 3.05) is 23.3 Å². The van der Waals surface area contributed by atoms with Crippen LogP contribution in [-0.2, 0) is 14.4 Å². The van der Waals surface area contributed by atoms with Gasteiger partial charge in [0.2, 0.25) is 17.7 Å². The molecule has 2 N–H and O–H groups in total. The molecule has 3 aliphatic rings. The smallest absolute Gasteiger partial charge is 0.255 e. The SMILES string of the molecule is O=C(CNC(=O)C1c2ccccc2C(=O)N1C1CC1)Nc1ccc(N2CCCC2=O)cc1. The summed E-state index contributed by atoms with van der Waals surface area (Å²) in [5, 5.41) is 5.44. The molecule has 1 unspecified atom stereocenters. The molecule has 0 spiro atoms. The van der Waals surface area contributed by atoms with Crippen LogP contribution >= 0.6 is 0 Å². The highest BCUT2D eigenvalue weighted by Crippen LogP contribution is 2.41. The minimum absolute atomic E-state index is 0.0838. The molecule has 2 aromatic carbocycles. The Morgan fingerprint density at radius 1 is 1.00 bits per heavy atom. The van der Waals surface area contributed by atoms with Gasteiger partial charge in [-0.3, -0.25) is 19.2 Å². The molecule has 2 heterocycles. The Kier molecular flexibility index (Phi) is 5.13. The van der Waals surface area contributed by atoms with Crippen molar-refractivity contribution >= 4 is 35.0 Å². The molecule has 1 atom stereocenters. The van der Waals surface area contributed by atoms with E-state index in [-0.39, 0.29) is 36.2 Å². The third kappa shape index (κ3) is 3.72. The van der Waals surface area contributed by atoms with Gasteiger partial charge < -0.3 is 20.4 Å². The van der Waals surface area contributed by atoms with Crippen LogP contribution in [0, 0.1) is 0 Å². The number of nitrogens with zero attached hydrogens (tertiary/aromatic N) is 2. The van der Waals surface area contributed by atoms with Gasteiger partial charge in [-0.15, -0.1) is 0 Å². The van der Waals surface area contributed by atoms with Gasteiger partial charge >= 0.3 is 0 Å². The summed E-state index contributed by atoms with van der Waals surface area (Å²) in [5.74, 6) is -0.729. The molecular weight excluding hydrogens is 408 g/mol. The van der Waals surface area contributed by atoms with Crippen molar-refractivity contribution in [3.8, 4) is 0 Å². The van der Waals surface area contributed by atoms with Crippen LogP contribution in [0.5, 0.6) is 0 Å². The molecular formula is C24H24N4O4. The average Bonchev–Trinajstić information content (AvgIpc) is 3.48. The Labute approximate surface area is 185 Å². The number of amides is 4. The molecule has 1 aliphatic carbocycles. The fourth-order valence-electron chi connectivity index (χ4n) is 4.45. The molecule has 1 saturated heterocycles. The van der Waals surface area contributed by atoms with Gasteiger partial charge in [-0.2, -0.15) is 0 Å². The van der Waals surface area contributed by atoms with Crippen molar-refractivity contribution in [3.63, 3.8) is 0 Å². The van der Waals surface area contributed by atoms with Crippen molar-refractivity contribution in [2.45, 2.75) is 37.8 Å². The number of hydrogen-bond acceptors (Lipinski definition) is 4. The first-order valence-electron chi connectivity index (χ1n) is 10.9. The van der Waals surface area contributed by atoms with E-state index in [0.717, 1.165) is 24.9 Å². The summed E-state index contributed by atoms with van der Waals surface area (Å²) in [5.41, 5.74) is 2.64. The highest BCUT2D eigenvalue weighted by Gasteiger charge is 2.47. The van der Waals surface area contributed by atoms with Crippen LogP contribution < -0.4 is 15.5 Å². The van der Waals surface area contributed by atoms with E-state index in [1.807, 2.05) is 6.07 Å². The summed E-state index contributed by atoms with van der Waals surface area (Å²) in [4.78, 5) is 53.3. The number of anilines is 2. The predicted octanol–water partition coefficient (Wildman–Crippen LogP) is 2.23. The third-order valence-corrected chi connectivity index (χ3v) is 6.15. The first-order valence-corrected chi connectivity index (χ1v) is 10.9. The van der Waals surface area contributed by atoms with Gasteiger partial charge in [0, 0.05) is 35.9 Å². The van der Waals surface area contributed by atoms with E-state index >= 15 is 0 Å². The van der Waals surface area contributed by atoms with Gasteiger partial charge in [-0.25, -0.2) is 0 Å². The lowest BCUT2D eigenvalue weighted by atomic mass is 10.0. The fraction of sp³-hybridized carbons (Fsp3) is 0.333. The maximum atomic E-state index is 13.0. The zero-order valence-corrected chi connectivity index (χ0v) is 17.5. The van der Waals surface area contributed by atoms with Crippen molar-refractivity contribution in [2.24, 2.45) is 0 Å². The largest absolute Gasteiger partial charge is 0.345 e. The molecule has 0 radical (unpaired) electrons. The normalized spacial score (nSPS) is 19.8. The molecule has 164 valence electrons. The second kappa shape index (κ2) is 8.11. The van der Waals surface area contributed by atoms with Gasteiger partial charge in [0.1, 0.15) is 6.04 Å². The van der Waals surface area contributed by atoms with Crippen LogP contribution in [0.15, 0.2) is 48.5 Å². The van der Waals surface area contributed by atoms with Crippen LogP contribution in [0.1, 0.15) is 47.6 Å². The number of benzene rings is 2. The Morgan fingerprint density at radius 3 is 2.44 bits per heavy atom. The average molecular weight is 432 g/mol. The Balaban J connectivity index is 1.20. The van der Waals surface area contributed by atoms with E-state index in [1.165, 1.54) is 0 Å². The van der Waals surface area contributed by atoms with Crippen molar-refractivity contribution in [1.29, 1.82) is 0 Å². The monoisotopic (exact) mass is 432 g/mol. The quantitative estimate of drug-likeness (QED) is 0.731. The predicted molar refractivity (Wildman–Crippen MR) is 118 cm³/mol. The lowest BCUT2D eigenvalue weighted by Crippen LogP contribution is -2.42. The summed E-state index contributed by atoms with van der Waals surface area (Å²) >= 11 is 0. The van der Waals surface area contributed by atoms with E-state index in [0.29, 0.717) is 29.8 Å². The second-order valence-corrected chi connectivity index (χ2v) is 8.40. The standard InChI is InChI=1S/C24H24N4O4/c29-20(26-15-7-9-16(10-8-15)27-13-3-6-21(27)30)14-25-23(31)22-18-4-1-2-5-19(18)24(32)28(22)17-11-12-17/h1-2,4-5,7-10,17,22H,3,6,11-14H2,(H,25,31)(H,26,29). The zero-order chi connectivity index (χ0) is 22.2. The number of rotatable bonds is 6. The van der Waals surface area contributed by atoms with Crippen molar-refractivity contribution in [1.82, 2.24) is 10.2 Å². The molecule has 32 heavy (non-hydrogen) atoms. The Hall–Kier alpha value is -3.68. The van der Waals surface area contributed by atoms with Gasteiger partial charge in [-0.05, 0) is 55.2 Å². The van der Waals surface area contributed by atoms with Crippen molar-refractivity contribution in [3.05, 3.63) is 59.7 Å². The molecule has 5 rings (SSSR count).